The van der Waals surface area contributed by atoms with Crippen LogP contribution >= 0.6 is 11.3 Å². The van der Waals surface area contributed by atoms with Crippen LogP contribution in [0.5, 0.6) is 0 Å². The summed E-state index contributed by atoms with van der Waals surface area (Å²) in [6.07, 6.45) is 2.00. The summed E-state index contributed by atoms with van der Waals surface area (Å²) in [6.45, 7) is 2.18. The lowest BCUT2D eigenvalue weighted by atomic mass is 10.3. The Morgan fingerprint density at radius 3 is 2.90 bits per heavy atom. The summed E-state index contributed by atoms with van der Waals surface area (Å²) in [5.74, 6) is 5.37. The Hall–Kier alpha value is -1.55. The van der Waals surface area contributed by atoms with Crippen LogP contribution in [0.25, 0.3) is 0 Å². The molecule has 0 aliphatic carbocycles. The fourth-order valence-electron chi connectivity index (χ4n) is 1.63. The minimum absolute atomic E-state index is 0.0250. The first-order chi connectivity index (χ1) is 9.53. The van der Waals surface area contributed by atoms with Gasteiger partial charge in [-0.25, -0.2) is 29.0 Å². The van der Waals surface area contributed by atoms with Crippen molar-refractivity contribution in [3.05, 3.63) is 34.4 Å². The van der Waals surface area contributed by atoms with Gasteiger partial charge >= 0.3 is 0 Å². The number of hydrogen-bond donors (Lipinski definition) is 3. The Morgan fingerprint density at radius 2 is 2.25 bits per heavy atom. The predicted octanol–water partition coefficient (Wildman–Crippen LogP) is 0.653. The van der Waals surface area contributed by atoms with E-state index in [2.05, 4.69) is 20.1 Å². The molecule has 2 aromatic rings. The zero-order valence-corrected chi connectivity index (χ0v) is 12.5. The molecule has 0 unspecified atom stereocenters. The maximum atomic E-state index is 12.1. The van der Waals surface area contributed by atoms with Gasteiger partial charge in [0.05, 0.1) is 10.7 Å². The number of aromatic nitrogens is 2. The highest BCUT2D eigenvalue weighted by molar-refractivity contribution is 7.89. The second-order valence-electron chi connectivity index (χ2n) is 4.00. The number of nitrogens with two attached hydrogens (primary N) is 1. The maximum Gasteiger partial charge on any atom is 0.244 e. The molecule has 7 nitrogen and oxygen atoms in total. The smallest absolute Gasteiger partial charge is 0.244 e. The normalized spacial score (nSPS) is 11.5. The number of aryl methyl sites for hydroxylation is 1. The van der Waals surface area contributed by atoms with Crippen molar-refractivity contribution in [1.82, 2.24) is 14.7 Å². The van der Waals surface area contributed by atoms with Crippen molar-refractivity contribution in [3.8, 4) is 0 Å². The van der Waals surface area contributed by atoms with Crippen LogP contribution in [0.4, 0.5) is 5.82 Å². The number of nitrogens with zero attached hydrogens (tertiary/aromatic N) is 2. The van der Waals surface area contributed by atoms with Gasteiger partial charge in [-0.2, -0.15) is 0 Å². The number of nitrogens with one attached hydrogen (secondary N) is 2. The molecule has 2 heterocycles. The van der Waals surface area contributed by atoms with Gasteiger partial charge in [0.2, 0.25) is 10.0 Å². The topological polar surface area (TPSA) is 110 Å². The van der Waals surface area contributed by atoms with E-state index >= 15 is 0 Å². The third-order valence-electron chi connectivity index (χ3n) is 2.54. The van der Waals surface area contributed by atoms with Crippen LogP contribution in [0.1, 0.15) is 10.7 Å². The largest absolute Gasteiger partial charge is 0.307 e. The number of hydrazine groups is 1. The lowest BCUT2D eigenvalue weighted by Crippen LogP contribution is -2.27. The fourth-order valence-corrected chi connectivity index (χ4v) is 3.43. The Morgan fingerprint density at radius 1 is 1.45 bits per heavy atom. The van der Waals surface area contributed by atoms with Crippen LogP contribution in [-0.4, -0.2) is 24.9 Å². The Bertz CT molecular complexity index is 684. The molecule has 0 saturated heterocycles. The zero-order chi connectivity index (χ0) is 14.6. The van der Waals surface area contributed by atoms with Crippen molar-refractivity contribution in [2.24, 2.45) is 5.84 Å². The van der Waals surface area contributed by atoms with Crippen molar-refractivity contribution in [3.63, 3.8) is 0 Å². The molecule has 0 saturated carbocycles. The summed E-state index contributed by atoms with van der Waals surface area (Å²) in [7, 11) is -3.65. The molecule has 4 N–H and O–H groups in total. The Kier molecular flexibility index (Phi) is 4.65. The van der Waals surface area contributed by atoms with Crippen LogP contribution in [0.3, 0.4) is 0 Å². The monoisotopic (exact) mass is 313 g/mol. The minimum atomic E-state index is -3.65. The number of rotatable bonds is 6. The summed E-state index contributed by atoms with van der Waals surface area (Å²) >= 11 is 1.54. The van der Waals surface area contributed by atoms with Crippen LogP contribution in [0.15, 0.2) is 28.6 Å². The van der Waals surface area contributed by atoms with E-state index < -0.39 is 10.0 Å². The van der Waals surface area contributed by atoms with Crippen molar-refractivity contribution in [1.29, 1.82) is 0 Å². The molecule has 2 aromatic heterocycles. The average Bonchev–Trinajstić information content (AvgIpc) is 2.84. The molecule has 0 bridgehead atoms. The predicted molar refractivity (Wildman–Crippen MR) is 77.8 cm³/mol. The molecule has 0 radical (unpaired) electrons. The molecule has 108 valence electrons. The first kappa shape index (κ1) is 14.9. The SMILES string of the molecule is Cc1nc(CCNS(=O)(=O)c2cccnc2NN)cs1. The Labute approximate surface area is 121 Å². The highest BCUT2D eigenvalue weighted by Gasteiger charge is 2.18. The summed E-state index contributed by atoms with van der Waals surface area (Å²) < 4.78 is 26.8. The van der Waals surface area contributed by atoms with Gasteiger partial charge in [0.1, 0.15) is 4.90 Å². The highest BCUT2D eigenvalue weighted by Crippen LogP contribution is 2.16. The molecule has 9 heteroatoms. The number of thiazole rings is 1. The second kappa shape index (κ2) is 6.27. The molecule has 0 fully saturated rings. The number of sulfonamides is 1. The third-order valence-corrected chi connectivity index (χ3v) is 4.85. The van der Waals surface area contributed by atoms with Gasteiger partial charge in [-0.15, -0.1) is 11.3 Å². The van der Waals surface area contributed by atoms with E-state index in [0.29, 0.717) is 6.42 Å². The molecule has 0 aliphatic heterocycles. The van der Waals surface area contributed by atoms with E-state index in [1.165, 1.54) is 23.6 Å². The van der Waals surface area contributed by atoms with E-state index in [0.717, 1.165) is 10.7 Å². The third kappa shape index (κ3) is 3.51. The molecule has 20 heavy (non-hydrogen) atoms. The van der Waals surface area contributed by atoms with Crippen molar-refractivity contribution >= 4 is 27.2 Å². The number of hydrogen-bond acceptors (Lipinski definition) is 7. The van der Waals surface area contributed by atoms with Gasteiger partial charge in [0, 0.05) is 24.5 Å². The van der Waals surface area contributed by atoms with E-state index in [1.54, 1.807) is 6.07 Å². The average molecular weight is 313 g/mol. The van der Waals surface area contributed by atoms with Crippen molar-refractivity contribution in [2.75, 3.05) is 12.0 Å². The fraction of sp³-hybridized carbons (Fsp3) is 0.273. The van der Waals surface area contributed by atoms with Crippen LogP contribution in [0, 0.1) is 6.92 Å². The van der Waals surface area contributed by atoms with Gasteiger partial charge in [-0.1, -0.05) is 0 Å². The molecular formula is C11H15N5O2S2. The number of pyridine rings is 1. The van der Waals surface area contributed by atoms with Gasteiger partial charge in [0.15, 0.2) is 5.82 Å². The molecule has 0 spiro atoms. The molecular weight excluding hydrogens is 298 g/mol. The molecule has 0 aromatic carbocycles. The van der Waals surface area contributed by atoms with Gasteiger partial charge in [-0.3, -0.25) is 0 Å². The van der Waals surface area contributed by atoms with E-state index in [-0.39, 0.29) is 17.3 Å². The summed E-state index contributed by atoms with van der Waals surface area (Å²) in [5.41, 5.74) is 3.15. The zero-order valence-electron chi connectivity index (χ0n) is 10.8. The van der Waals surface area contributed by atoms with Crippen molar-refractivity contribution in [2.45, 2.75) is 18.2 Å². The molecule has 2 rings (SSSR count). The quantitative estimate of drug-likeness (QED) is 0.533. The molecule has 0 atom stereocenters. The number of nitrogen functional groups attached to an aromatic ring is 1. The minimum Gasteiger partial charge on any atom is -0.307 e. The molecule has 0 amide bonds. The standard InChI is InChI=1S/C11H15N5O2S2/c1-8-15-9(7-19-8)4-6-14-20(17,18)10-3-2-5-13-11(10)16-12/h2-3,5,7,14H,4,6,12H2,1H3,(H,13,16). The van der Waals surface area contributed by atoms with Gasteiger partial charge in [-0.05, 0) is 19.1 Å². The van der Waals surface area contributed by atoms with Crippen LogP contribution < -0.4 is 16.0 Å². The summed E-state index contributed by atoms with van der Waals surface area (Å²) in [4.78, 5) is 8.17. The summed E-state index contributed by atoms with van der Waals surface area (Å²) in [5, 5.41) is 2.88. The first-order valence-corrected chi connectivity index (χ1v) is 8.21. The first-order valence-electron chi connectivity index (χ1n) is 5.85. The van der Waals surface area contributed by atoms with Crippen LogP contribution in [-0.2, 0) is 16.4 Å². The van der Waals surface area contributed by atoms with Gasteiger partial charge < -0.3 is 5.43 Å². The van der Waals surface area contributed by atoms with Gasteiger partial charge in [0.25, 0.3) is 0 Å². The molecule has 0 aliphatic rings. The number of anilines is 1. The van der Waals surface area contributed by atoms with E-state index in [9.17, 15) is 8.42 Å². The lowest BCUT2D eigenvalue weighted by Gasteiger charge is -2.09. The van der Waals surface area contributed by atoms with Crippen LogP contribution in [0.2, 0.25) is 0 Å². The van der Waals surface area contributed by atoms with Crippen molar-refractivity contribution < 1.29 is 8.42 Å². The highest BCUT2D eigenvalue weighted by atomic mass is 32.2. The lowest BCUT2D eigenvalue weighted by molar-refractivity contribution is 0.581. The maximum absolute atomic E-state index is 12.1. The second-order valence-corrected chi connectivity index (χ2v) is 6.80. The van der Waals surface area contributed by atoms with E-state index in [4.69, 9.17) is 5.84 Å². The van der Waals surface area contributed by atoms with E-state index in [1.807, 2.05) is 12.3 Å². The summed E-state index contributed by atoms with van der Waals surface area (Å²) in [6, 6.07) is 2.98. The Balaban J connectivity index is 2.04.